The zero-order valence-electron chi connectivity index (χ0n) is 17.5. The summed E-state index contributed by atoms with van der Waals surface area (Å²) in [6.45, 7) is 3.03. The maximum atomic E-state index is 13.7. The summed E-state index contributed by atoms with van der Waals surface area (Å²) in [5.41, 5.74) is 0.157. The molecule has 0 atom stereocenters. The predicted octanol–water partition coefficient (Wildman–Crippen LogP) is 2.95. The number of halogens is 2. The van der Waals surface area contributed by atoms with Gasteiger partial charge in [0, 0.05) is 18.2 Å². The first-order valence-corrected chi connectivity index (χ1v) is 11.2. The Labute approximate surface area is 187 Å². The van der Waals surface area contributed by atoms with E-state index in [0.29, 0.717) is 23.7 Å². The van der Waals surface area contributed by atoms with Crippen LogP contribution in [0.15, 0.2) is 47.4 Å². The summed E-state index contributed by atoms with van der Waals surface area (Å²) >= 11 is 0. The van der Waals surface area contributed by atoms with E-state index in [1.165, 1.54) is 6.07 Å². The Hall–Kier alpha value is -3.64. The van der Waals surface area contributed by atoms with E-state index in [1.54, 1.807) is 32.0 Å². The Morgan fingerprint density at radius 2 is 1.85 bits per heavy atom. The van der Waals surface area contributed by atoms with Crippen molar-refractivity contribution in [3.05, 3.63) is 70.9 Å². The maximum absolute atomic E-state index is 13.7. The van der Waals surface area contributed by atoms with E-state index >= 15 is 0 Å². The normalized spacial score (nSPS) is 15.2. The minimum absolute atomic E-state index is 0.104. The number of anilines is 2. The van der Waals surface area contributed by atoms with Crippen molar-refractivity contribution in [2.24, 2.45) is 0 Å². The number of carbonyl (C=O) groups excluding carboxylic acids is 2. The summed E-state index contributed by atoms with van der Waals surface area (Å²) in [6.07, 6.45) is 0.443. The number of hydrogen-bond acceptors (Lipinski definition) is 5. The van der Waals surface area contributed by atoms with Crippen LogP contribution in [0, 0.1) is 11.6 Å². The zero-order valence-corrected chi connectivity index (χ0v) is 18.3. The average molecular weight is 475 g/mol. The first kappa shape index (κ1) is 22.6. The van der Waals surface area contributed by atoms with Gasteiger partial charge in [-0.2, -0.15) is 9.40 Å². The number of aromatic nitrogens is 2. The highest BCUT2D eigenvalue weighted by Gasteiger charge is 2.48. The van der Waals surface area contributed by atoms with Crippen LogP contribution in [0.5, 0.6) is 0 Å². The summed E-state index contributed by atoms with van der Waals surface area (Å²) < 4.78 is 54.9. The SMILES string of the molecule is CC1(C)c2[nH]nc(NC(=O)c3ccccc3NC=O)c2CN1S(=O)(=O)c1cc(F)cc(F)c1. The van der Waals surface area contributed by atoms with E-state index in [1.807, 2.05) is 0 Å². The number of benzene rings is 2. The van der Waals surface area contributed by atoms with Crippen molar-refractivity contribution in [2.75, 3.05) is 10.6 Å². The number of nitrogens with zero attached hydrogens (tertiary/aromatic N) is 2. The van der Waals surface area contributed by atoms with E-state index in [4.69, 9.17) is 0 Å². The van der Waals surface area contributed by atoms with Gasteiger partial charge in [-0.1, -0.05) is 12.1 Å². The Balaban J connectivity index is 1.67. The van der Waals surface area contributed by atoms with Gasteiger partial charge in [0.2, 0.25) is 16.4 Å². The third-order valence-electron chi connectivity index (χ3n) is 5.45. The number of rotatable bonds is 6. The molecular weight excluding hydrogens is 456 g/mol. The fraction of sp³-hybridized carbons (Fsp3) is 0.190. The van der Waals surface area contributed by atoms with Gasteiger partial charge in [0.15, 0.2) is 5.82 Å². The summed E-state index contributed by atoms with van der Waals surface area (Å²) in [4.78, 5) is 23.1. The fourth-order valence-corrected chi connectivity index (χ4v) is 5.60. The van der Waals surface area contributed by atoms with Gasteiger partial charge in [0.25, 0.3) is 5.91 Å². The van der Waals surface area contributed by atoms with Crippen LogP contribution in [0.1, 0.15) is 35.5 Å². The smallest absolute Gasteiger partial charge is 0.258 e. The topological polar surface area (TPSA) is 124 Å². The van der Waals surface area contributed by atoms with Crippen LogP contribution in [-0.2, 0) is 26.9 Å². The Kier molecular flexibility index (Phi) is 5.50. The lowest BCUT2D eigenvalue weighted by atomic mass is 10.0. The minimum Gasteiger partial charge on any atom is -0.328 e. The van der Waals surface area contributed by atoms with Gasteiger partial charge in [-0.05, 0) is 38.1 Å². The molecule has 12 heteroatoms. The van der Waals surface area contributed by atoms with Crippen LogP contribution in [-0.4, -0.2) is 35.2 Å². The first-order valence-electron chi connectivity index (χ1n) is 9.73. The van der Waals surface area contributed by atoms with Gasteiger partial charge >= 0.3 is 0 Å². The molecule has 0 saturated heterocycles. The largest absolute Gasteiger partial charge is 0.328 e. The van der Waals surface area contributed by atoms with Gasteiger partial charge in [0.05, 0.1) is 27.4 Å². The molecule has 0 fully saturated rings. The molecule has 0 saturated carbocycles. The number of nitrogens with one attached hydrogen (secondary N) is 3. The summed E-state index contributed by atoms with van der Waals surface area (Å²) in [7, 11) is -4.30. The number of sulfonamides is 1. The van der Waals surface area contributed by atoms with Crippen LogP contribution < -0.4 is 10.6 Å². The Morgan fingerprint density at radius 3 is 2.52 bits per heavy atom. The predicted molar refractivity (Wildman–Crippen MR) is 115 cm³/mol. The quantitative estimate of drug-likeness (QED) is 0.473. The van der Waals surface area contributed by atoms with Crippen molar-refractivity contribution in [1.82, 2.24) is 14.5 Å². The van der Waals surface area contributed by atoms with Crippen molar-refractivity contribution in [3.63, 3.8) is 0 Å². The van der Waals surface area contributed by atoms with E-state index in [-0.39, 0.29) is 23.6 Å². The second-order valence-electron chi connectivity index (χ2n) is 7.86. The van der Waals surface area contributed by atoms with Gasteiger partial charge < -0.3 is 10.6 Å². The molecule has 1 aromatic heterocycles. The molecule has 0 radical (unpaired) electrons. The second-order valence-corrected chi connectivity index (χ2v) is 9.73. The number of carbonyl (C=O) groups is 2. The van der Waals surface area contributed by atoms with E-state index in [2.05, 4.69) is 20.8 Å². The number of fused-ring (bicyclic) bond motifs is 1. The summed E-state index contributed by atoms with van der Waals surface area (Å²) in [5.74, 6) is -2.49. The lowest BCUT2D eigenvalue weighted by molar-refractivity contribution is -0.105. The number of aromatic amines is 1. The van der Waals surface area contributed by atoms with Crippen LogP contribution >= 0.6 is 0 Å². The number of hydrogen-bond donors (Lipinski definition) is 3. The van der Waals surface area contributed by atoms with Crippen molar-refractivity contribution in [2.45, 2.75) is 30.8 Å². The first-order chi connectivity index (χ1) is 15.6. The molecule has 3 N–H and O–H groups in total. The molecule has 2 amide bonds. The maximum Gasteiger partial charge on any atom is 0.258 e. The van der Waals surface area contributed by atoms with Crippen molar-refractivity contribution in [3.8, 4) is 0 Å². The molecule has 4 rings (SSSR count). The molecule has 2 heterocycles. The molecule has 1 aliphatic rings. The molecule has 1 aliphatic heterocycles. The van der Waals surface area contributed by atoms with Gasteiger partial charge in [-0.25, -0.2) is 17.2 Å². The second kappa shape index (κ2) is 8.05. The van der Waals surface area contributed by atoms with Crippen molar-refractivity contribution >= 4 is 33.8 Å². The van der Waals surface area contributed by atoms with Crippen LogP contribution in [0.3, 0.4) is 0 Å². The highest BCUT2D eigenvalue weighted by molar-refractivity contribution is 7.89. The molecule has 9 nitrogen and oxygen atoms in total. The molecule has 33 heavy (non-hydrogen) atoms. The van der Waals surface area contributed by atoms with Gasteiger partial charge in [0.1, 0.15) is 11.6 Å². The molecular formula is C21H19F2N5O4S. The van der Waals surface area contributed by atoms with Gasteiger partial charge in [-0.15, -0.1) is 0 Å². The molecule has 0 aliphatic carbocycles. The van der Waals surface area contributed by atoms with Crippen molar-refractivity contribution < 1.29 is 26.8 Å². The Bertz CT molecular complexity index is 1350. The van der Waals surface area contributed by atoms with Crippen LogP contribution in [0.25, 0.3) is 0 Å². The summed E-state index contributed by atoms with van der Waals surface area (Å²) in [5, 5.41) is 11.9. The van der Waals surface area contributed by atoms with Gasteiger partial charge in [-0.3, -0.25) is 14.7 Å². The number of para-hydroxylation sites is 1. The molecule has 0 bridgehead atoms. The van der Waals surface area contributed by atoms with E-state index < -0.39 is 38.0 Å². The highest BCUT2D eigenvalue weighted by Crippen LogP contribution is 2.43. The number of H-pyrrole nitrogens is 1. The third-order valence-corrected chi connectivity index (χ3v) is 7.44. The molecule has 3 aromatic rings. The van der Waals surface area contributed by atoms with Crippen LogP contribution in [0.4, 0.5) is 20.3 Å². The van der Waals surface area contributed by atoms with E-state index in [0.717, 1.165) is 16.4 Å². The highest BCUT2D eigenvalue weighted by atomic mass is 32.2. The standard InChI is InChI=1S/C21H19F2N5O4S/c1-21(2)18-16(10-28(21)33(31,32)14-8-12(22)7-13(23)9-14)19(27-26-18)25-20(30)15-5-3-4-6-17(15)24-11-29/h3-9,11H,10H2,1-2H3,(H,24,29)(H2,25,26,27,30). The molecule has 0 spiro atoms. The monoisotopic (exact) mass is 475 g/mol. The fourth-order valence-electron chi connectivity index (χ4n) is 3.83. The number of amides is 2. The molecule has 172 valence electrons. The van der Waals surface area contributed by atoms with Crippen molar-refractivity contribution in [1.29, 1.82) is 0 Å². The third kappa shape index (κ3) is 3.87. The lowest BCUT2D eigenvalue weighted by Crippen LogP contribution is -2.40. The Morgan fingerprint density at radius 1 is 1.18 bits per heavy atom. The molecule has 2 aromatic carbocycles. The zero-order chi connectivity index (χ0) is 24.0. The molecule has 0 unspecified atom stereocenters. The van der Waals surface area contributed by atoms with Crippen LogP contribution in [0.2, 0.25) is 0 Å². The van der Waals surface area contributed by atoms with E-state index in [9.17, 15) is 26.8 Å². The minimum atomic E-state index is -4.30. The summed E-state index contributed by atoms with van der Waals surface area (Å²) in [6, 6.07) is 8.41. The average Bonchev–Trinajstić information content (AvgIpc) is 3.26. The lowest BCUT2D eigenvalue weighted by Gasteiger charge is -2.30.